The van der Waals surface area contributed by atoms with E-state index in [1.165, 1.54) is 0 Å². The number of rotatable bonds is 6. The van der Waals surface area contributed by atoms with Crippen molar-refractivity contribution in [1.29, 1.82) is 0 Å². The zero-order valence-corrected chi connectivity index (χ0v) is 17.1. The normalized spacial score (nSPS) is 26.5. The molecule has 2 heterocycles. The maximum Gasteiger partial charge on any atom is 0.309 e. The maximum atomic E-state index is 13.1. The smallest absolute Gasteiger partial charge is 0.309 e. The molecule has 0 aliphatic carbocycles. The van der Waals surface area contributed by atoms with Crippen molar-refractivity contribution in [3.05, 3.63) is 30.3 Å². The molecule has 1 aromatic carbocycles. The Kier molecular flexibility index (Phi) is 6.72. The van der Waals surface area contributed by atoms with E-state index < -0.39 is 9.84 Å². The first kappa shape index (κ1) is 20.8. The number of carbonyl (C=O) groups excluding carboxylic acids is 2. The van der Waals surface area contributed by atoms with Gasteiger partial charge >= 0.3 is 5.97 Å². The SMILES string of the molecule is CCOC(=O)C1CC[NH+](CC(=O)N(c2ccccc2)[C@H]2CCS(=O)(=O)C2)CC1. The van der Waals surface area contributed by atoms with Crippen molar-refractivity contribution in [2.45, 2.75) is 32.2 Å². The van der Waals surface area contributed by atoms with Gasteiger partial charge < -0.3 is 14.5 Å². The molecule has 0 spiro atoms. The number of nitrogens with one attached hydrogen (secondary N) is 1. The number of quaternary nitrogens is 1. The summed E-state index contributed by atoms with van der Waals surface area (Å²) in [6, 6.07) is 8.99. The van der Waals surface area contributed by atoms with Gasteiger partial charge in [-0.25, -0.2) is 8.42 Å². The second-order valence-electron chi connectivity index (χ2n) is 7.61. The van der Waals surface area contributed by atoms with Crippen molar-refractivity contribution in [2.24, 2.45) is 5.92 Å². The molecule has 0 radical (unpaired) electrons. The molecule has 2 fully saturated rings. The topological polar surface area (TPSA) is 85.2 Å². The van der Waals surface area contributed by atoms with Gasteiger partial charge in [0, 0.05) is 18.5 Å². The number of nitrogens with zero attached hydrogens (tertiary/aromatic N) is 1. The van der Waals surface area contributed by atoms with Crippen molar-refractivity contribution < 1.29 is 27.6 Å². The molecule has 1 aromatic rings. The molecular weight excluding hydrogens is 380 g/mol. The number of para-hydroxylation sites is 1. The molecule has 2 aliphatic rings. The number of benzene rings is 1. The van der Waals surface area contributed by atoms with Crippen molar-refractivity contribution in [2.75, 3.05) is 42.6 Å². The maximum absolute atomic E-state index is 13.1. The Hall–Kier alpha value is -1.93. The number of sulfone groups is 1. The van der Waals surface area contributed by atoms with Gasteiger partial charge in [0.25, 0.3) is 5.91 Å². The zero-order chi connectivity index (χ0) is 20.1. The lowest BCUT2D eigenvalue weighted by molar-refractivity contribution is -0.897. The summed E-state index contributed by atoms with van der Waals surface area (Å²) in [6.07, 6.45) is 1.90. The summed E-state index contributed by atoms with van der Waals surface area (Å²) in [7, 11) is -3.09. The van der Waals surface area contributed by atoms with Gasteiger partial charge in [0.1, 0.15) is 0 Å². The molecule has 7 nitrogen and oxygen atoms in total. The first-order chi connectivity index (χ1) is 13.4. The summed E-state index contributed by atoms with van der Waals surface area (Å²) in [5.74, 6) is -0.128. The van der Waals surface area contributed by atoms with Gasteiger partial charge in [0.2, 0.25) is 0 Å². The Labute approximate surface area is 166 Å². The summed E-state index contributed by atoms with van der Waals surface area (Å²) in [5, 5.41) is 0. The fraction of sp³-hybridized carbons (Fsp3) is 0.600. The van der Waals surface area contributed by atoms with Crippen molar-refractivity contribution >= 4 is 27.4 Å². The van der Waals surface area contributed by atoms with E-state index in [0.29, 0.717) is 32.4 Å². The minimum atomic E-state index is -3.09. The Bertz CT molecular complexity index is 788. The third-order valence-corrected chi connectivity index (χ3v) is 7.34. The molecule has 3 rings (SSSR count). The highest BCUT2D eigenvalue weighted by molar-refractivity contribution is 7.91. The van der Waals surface area contributed by atoms with Crippen molar-refractivity contribution in [3.8, 4) is 0 Å². The predicted molar refractivity (Wildman–Crippen MR) is 106 cm³/mol. The summed E-state index contributed by atoms with van der Waals surface area (Å²) in [6.45, 7) is 3.97. The van der Waals surface area contributed by atoms with Gasteiger partial charge in [-0.15, -0.1) is 0 Å². The van der Waals surface area contributed by atoms with Gasteiger partial charge in [-0.2, -0.15) is 0 Å². The summed E-state index contributed by atoms with van der Waals surface area (Å²) in [4.78, 5) is 27.8. The molecule has 1 atom stereocenters. The standard InChI is InChI=1S/C20H28N2O5S/c1-2-27-20(24)16-8-11-21(12-9-16)14-19(23)22(17-6-4-3-5-7-17)18-10-13-28(25,26)15-18/h3-7,16,18H,2,8-15H2,1H3/p+1/t18-/m0/s1. The van der Waals surface area contributed by atoms with E-state index in [0.717, 1.165) is 23.7 Å². The van der Waals surface area contributed by atoms with E-state index in [9.17, 15) is 18.0 Å². The minimum absolute atomic E-state index is 0.0217. The van der Waals surface area contributed by atoms with Gasteiger partial charge in [0.05, 0.1) is 43.2 Å². The quantitative estimate of drug-likeness (QED) is 0.672. The second-order valence-corrected chi connectivity index (χ2v) is 9.84. The number of amides is 1. The highest BCUT2D eigenvalue weighted by atomic mass is 32.2. The number of esters is 1. The summed E-state index contributed by atoms with van der Waals surface area (Å²) < 4.78 is 29.0. The number of hydrogen-bond acceptors (Lipinski definition) is 5. The van der Waals surface area contributed by atoms with Crippen LogP contribution in [0, 0.1) is 5.92 Å². The average molecular weight is 410 g/mol. The fourth-order valence-electron chi connectivity index (χ4n) is 4.12. The minimum Gasteiger partial charge on any atom is -0.466 e. The predicted octanol–water partition coefficient (Wildman–Crippen LogP) is 0.0647. The Morgan fingerprint density at radius 3 is 2.39 bits per heavy atom. The van der Waals surface area contributed by atoms with Gasteiger partial charge in [-0.05, 0) is 25.5 Å². The molecule has 28 heavy (non-hydrogen) atoms. The largest absolute Gasteiger partial charge is 0.466 e. The number of ether oxygens (including phenoxy) is 1. The molecule has 2 aliphatic heterocycles. The molecular formula is C20H29N2O5S+. The molecule has 8 heteroatoms. The van der Waals surface area contributed by atoms with Crippen LogP contribution in [0.5, 0.6) is 0 Å². The van der Waals surface area contributed by atoms with E-state index >= 15 is 0 Å². The van der Waals surface area contributed by atoms with Crippen LogP contribution < -0.4 is 9.80 Å². The lowest BCUT2D eigenvalue weighted by Crippen LogP contribution is -3.14. The van der Waals surface area contributed by atoms with E-state index in [1.54, 1.807) is 11.8 Å². The summed E-state index contributed by atoms with van der Waals surface area (Å²) in [5.41, 5.74) is 0.746. The van der Waals surface area contributed by atoms with E-state index in [2.05, 4.69) is 0 Å². The first-order valence-corrected chi connectivity index (χ1v) is 11.8. The van der Waals surface area contributed by atoms with Crippen LogP contribution >= 0.6 is 0 Å². The van der Waals surface area contributed by atoms with Crippen LogP contribution in [0.1, 0.15) is 26.2 Å². The molecule has 0 saturated carbocycles. The molecule has 0 unspecified atom stereocenters. The third-order valence-electron chi connectivity index (χ3n) is 5.59. The van der Waals surface area contributed by atoms with Crippen LogP contribution in [0.3, 0.4) is 0 Å². The van der Waals surface area contributed by atoms with E-state index in [-0.39, 0.29) is 35.3 Å². The first-order valence-electron chi connectivity index (χ1n) is 9.97. The van der Waals surface area contributed by atoms with Crippen LogP contribution in [0.25, 0.3) is 0 Å². The average Bonchev–Trinajstić information content (AvgIpc) is 3.03. The van der Waals surface area contributed by atoms with E-state index in [4.69, 9.17) is 4.74 Å². The van der Waals surface area contributed by atoms with Crippen LogP contribution in [0.4, 0.5) is 5.69 Å². The van der Waals surface area contributed by atoms with E-state index in [1.807, 2.05) is 30.3 Å². The molecule has 154 valence electrons. The highest BCUT2D eigenvalue weighted by Gasteiger charge is 2.37. The third kappa shape index (κ3) is 5.11. The molecule has 2 saturated heterocycles. The molecule has 0 bridgehead atoms. The Morgan fingerprint density at radius 2 is 1.82 bits per heavy atom. The van der Waals surface area contributed by atoms with Crippen LogP contribution in [0.2, 0.25) is 0 Å². The number of hydrogen-bond donors (Lipinski definition) is 1. The monoisotopic (exact) mass is 409 g/mol. The van der Waals surface area contributed by atoms with Gasteiger partial charge in [0.15, 0.2) is 16.4 Å². The van der Waals surface area contributed by atoms with Crippen LogP contribution in [-0.4, -0.2) is 64.1 Å². The van der Waals surface area contributed by atoms with Crippen LogP contribution in [0.15, 0.2) is 30.3 Å². The lowest BCUT2D eigenvalue weighted by atomic mass is 9.97. The number of anilines is 1. The fourth-order valence-corrected chi connectivity index (χ4v) is 5.82. The Balaban J connectivity index is 1.65. The zero-order valence-electron chi connectivity index (χ0n) is 16.3. The molecule has 0 aromatic heterocycles. The van der Waals surface area contributed by atoms with Gasteiger partial charge in [-0.3, -0.25) is 9.59 Å². The Morgan fingerprint density at radius 1 is 1.14 bits per heavy atom. The number of likely N-dealkylation sites (tertiary alicyclic amines) is 1. The number of piperidine rings is 1. The number of carbonyl (C=O) groups is 2. The van der Waals surface area contributed by atoms with Crippen LogP contribution in [-0.2, 0) is 24.2 Å². The van der Waals surface area contributed by atoms with Crippen molar-refractivity contribution in [1.82, 2.24) is 0 Å². The second kappa shape index (κ2) is 9.05. The molecule has 1 amide bonds. The van der Waals surface area contributed by atoms with Gasteiger partial charge in [-0.1, -0.05) is 18.2 Å². The molecule has 1 N–H and O–H groups in total. The van der Waals surface area contributed by atoms with Crippen molar-refractivity contribution in [3.63, 3.8) is 0 Å². The lowest BCUT2D eigenvalue weighted by Gasteiger charge is -2.32. The highest BCUT2D eigenvalue weighted by Crippen LogP contribution is 2.24. The summed E-state index contributed by atoms with van der Waals surface area (Å²) >= 11 is 0.